The van der Waals surface area contributed by atoms with Crippen molar-refractivity contribution in [1.29, 1.82) is 0 Å². The molecule has 0 radical (unpaired) electrons. The summed E-state index contributed by atoms with van der Waals surface area (Å²) < 4.78 is 13.0. The molecule has 0 aliphatic heterocycles. The fraction of sp³-hybridized carbons (Fsp3) is 0.209. The zero-order valence-corrected chi connectivity index (χ0v) is 27.0. The molecule has 230 valence electrons. The Hall–Kier alpha value is -5.22. The molecule has 4 heteroatoms. The molecule has 0 fully saturated rings. The third-order valence-electron chi connectivity index (χ3n) is 10.2. The van der Waals surface area contributed by atoms with E-state index in [9.17, 15) is 0 Å². The summed E-state index contributed by atoms with van der Waals surface area (Å²) in [5.41, 5.74) is 12.9. The number of hydrogen-bond donors (Lipinski definition) is 0. The summed E-state index contributed by atoms with van der Waals surface area (Å²) in [6, 6.07) is 38.4. The Balaban J connectivity index is 1.08. The Morgan fingerprint density at radius 2 is 1.38 bits per heavy atom. The van der Waals surface area contributed by atoms with E-state index < -0.39 is 0 Å². The van der Waals surface area contributed by atoms with Gasteiger partial charge >= 0.3 is 0 Å². The van der Waals surface area contributed by atoms with E-state index in [0.717, 1.165) is 75.9 Å². The van der Waals surface area contributed by atoms with Crippen LogP contribution >= 0.6 is 0 Å². The smallest absolute Gasteiger partial charge is 0.219 e. The van der Waals surface area contributed by atoms with E-state index in [1.165, 1.54) is 27.8 Å². The highest BCUT2D eigenvalue weighted by atomic mass is 16.5. The maximum atomic E-state index is 6.50. The zero-order valence-electron chi connectivity index (χ0n) is 27.0. The Labute approximate surface area is 275 Å². The normalized spacial score (nSPS) is 15.0. The molecular formula is C43H36N2O2. The standard InChI is InChI=1S/C43H36N2O2/c1-42(2,3)33-18-30(27-10-5-4-6-11-27)19-34(22-33)46-39-15-9-14-36(45-39)41-40-35-20-31-25-43(23-28-12-7-8-13-29(28)24-43)26-32(31)21-38(35)47-37(40)16-17-44-41/h4-22H,23-26H2,1-3H3. The topological polar surface area (TPSA) is 48.2 Å². The lowest BCUT2D eigenvalue weighted by Crippen LogP contribution is -2.21. The molecule has 0 saturated heterocycles. The first-order valence-corrected chi connectivity index (χ1v) is 16.6. The van der Waals surface area contributed by atoms with E-state index in [1.54, 1.807) is 0 Å². The van der Waals surface area contributed by atoms with Crippen molar-refractivity contribution in [3.63, 3.8) is 0 Å². The van der Waals surface area contributed by atoms with Crippen molar-refractivity contribution in [2.75, 3.05) is 0 Å². The highest BCUT2D eigenvalue weighted by Gasteiger charge is 2.42. The Bertz CT molecular complexity index is 2300. The van der Waals surface area contributed by atoms with Crippen molar-refractivity contribution in [1.82, 2.24) is 9.97 Å². The number of hydrogen-bond acceptors (Lipinski definition) is 4. The van der Waals surface area contributed by atoms with Gasteiger partial charge < -0.3 is 9.15 Å². The third-order valence-corrected chi connectivity index (χ3v) is 10.2. The third kappa shape index (κ3) is 4.91. The number of fused-ring (bicyclic) bond motifs is 5. The fourth-order valence-electron chi connectivity index (χ4n) is 7.88. The molecule has 4 nitrogen and oxygen atoms in total. The highest BCUT2D eigenvalue weighted by molar-refractivity contribution is 6.11. The number of ether oxygens (including phenoxy) is 1. The van der Waals surface area contributed by atoms with Gasteiger partial charge in [0.25, 0.3) is 0 Å². The molecule has 9 rings (SSSR count). The summed E-state index contributed by atoms with van der Waals surface area (Å²) in [5, 5.41) is 2.11. The molecule has 0 bridgehead atoms. The first kappa shape index (κ1) is 28.0. The summed E-state index contributed by atoms with van der Waals surface area (Å²) in [6.07, 6.45) is 6.30. The molecule has 2 aliphatic rings. The van der Waals surface area contributed by atoms with E-state index in [4.69, 9.17) is 19.1 Å². The SMILES string of the molecule is CC(C)(C)c1cc(Oc2cccc(-c3nccc4oc5cc6c(cc5c34)CC3(Cc4ccccc4C3)C6)n2)cc(-c2ccccc2)c1. The van der Waals surface area contributed by atoms with E-state index >= 15 is 0 Å². The highest BCUT2D eigenvalue weighted by Crippen LogP contribution is 2.49. The second kappa shape index (κ2) is 10.4. The van der Waals surface area contributed by atoms with Crippen molar-refractivity contribution in [2.45, 2.75) is 51.9 Å². The average molecular weight is 613 g/mol. The molecule has 3 heterocycles. The molecule has 0 N–H and O–H groups in total. The number of rotatable bonds is 4. The van der Waals surface area contributed by atoms with Crippen molar-refractivity contribution in [2.24, 2.45) is 5.41 Å². The Kier molecular flexibility index (Phi) is 6.20. The molecule has 0 saturated carbocycles. The molecule has 4 aromatic carbocycles. The predicted octanol–water partition coefficient (Wildman–Crippen LogP) is 10.7. The van der Waals surface area contributed by atoms with Crippen LogP contribution in [0.1, 0.15) is 48.6 Å². The van der Waals surface area contributed by atoms with E-state index in [1.807, 2.05) is 36.5 Å². The van der Waals surface area contributed by atoms with Gasteiger partial charge in [-0.1, -0.05) is 87.5 Å². The van der Waals surface area contributed by atoms with Gasteiger partial charge in [-0.15, -0.1) is 0 Å². The average Bonchev–Trinajstić information content (AvgIpc) is 3.73. The molecule has 3 aromatic heterocycles. The summed E-state index contributed by atoms with van der Waals surface area (Å²) in [4.78, 5) is 9.86. The van der Waals surface area contributed by atoms with Crippen LogP contribution in [0.15, 0.2) is 120 Å². The number of pyridine rings is 2. The van der Waals surface area contributed by atoms with Gasteiger partial charge in [-0.2, -0.15) is 0 Å². The number of furan rings is 1. The van der Waals surface area contributed by atoms with E-state index in [0.29, 0.717) is 5.88 Å². The molecule has 0 amide bonds. The van der Waals surface area contributed by atoms with Crippen LogP contribution in [-0.4, -0.2) is 9.97 Å². The van der Waals surface area contributed by atoms with Gasteiger partial charge in [0.1, 0.15) is 22.6 Å². The monoisotopic (exact) mass is 612 g/mol. The number of aromatic nitrogens is 2. The van der Waals surface area contributed by atoms with Crippen LogP contribution in [0.3, 0.4) is 0 Å². The zero-order chi connectivity index (χ0) is 31.8. The molecule has 0 atom stereocenters. The first-order chi connectivity index (χ1) is 22.8. The lowest BCUT2D eigenvalue weighted by atomic mass is 9.82. The minimum Gasteiger partial charge on any atom is -0.456 e. The van der Waals surface area contributed by atoms with Crippen LogP contribution in [0.25, 0.3) is 44.5 Å². The molecular weight excluding hydrogens is 576 g/mol. The Morgan fingerprint density at radius 3 is 2.15 bits per heavy atom. The minimum atomic E-state index is -0.0400. The lowest BCUT2D eigenvalue weighted by molar-refractivity contribution is 0.326. The predicted molar refractivity (Wildman–Crippen MR) is 189 cm³/mol. The van der Waals surface area contributed by atoms with Crippen LogP contribution in [0, 0.1) is 5.41 Å². The van der Waals surface area contributed by atoms with Crippen LogP contribution in [0.4, 0.5) is 0 Å². The summed E-state index contributed by atoms with van der Waals surface area (Å²) >= 11 is 0. The Morgan fingerprint density at radius 1 is 0.660 bits per heavy atom. The second-order valence-corrected chi connectivity index (χ2v) is 14.6. The quantitative estimate of drug-likeness (QED) is 0.198. The van der Waals surface area contributed by atoms with Crippen LogP contribution < -0.4 is 4.74 Å². The summed E-state index contributed by atoms with van der Waals surface area (Å²) in [7, 11) is 0. The lowest BCUT2D eigenvalue weighted by Gasteiger charge is -2.21. The van der Waals surface area contributed by atoms with Crippen molar-refractivity contribution < 1.29 is 9.15 Å². The van der Waals surface area contributed by atoms with Gasteiger partial charge in [-0.25, -0.2) is 4.98 Å². The largest absolute Gasteiger partial charge is 0.456 e. The molecule has 2 aliphatic carbocycles. The maximum Gasteiger partial charge on any atom is 0.219 e. The molecule has 47 heavy (non-hydrogen) atoms. The van der Waals surface area contributed by atoms with Crippen molar-refractivity contribution in [3.05, 3.63) is 143 Å². The van der Waals surface area contributed by atoms with Gasteiger partial charge in [0.05, 0.1) is 11.1 Å². The van der Waals surface area contributed by atoms with E-state index in [2.05, 4.69) is 99.6 Å². The van der Waals surface area contributed by atoms with Gasteiger partial charge in [0.2, 0.25) is 5.88 Å². The van der Waals surface area contributed by atoms with Gasteiger partial charge in [0.15, 0.2) is 0 Å². The summed E-state index contributed by atoms with van der Waals surface area (Å²) in [5.74, 6) is 1.29. The fourth-order valence-corrected chi connectivity index (χ4v) is 7.88. The second-order valence-electron chi connectivity index (χ2n) is 14.6. The maximum absolute atomic E-state index is 6.50. The summed E-state index contributed by atoms with van der Waals surface area (Å²) in [6.45, 7) is 6.68. The molecule has 0 unspecified atom stereocenters. The van der Waals surface area contributed by atoms with Crippen LogP contribution in [-0.2, 0) is 31.1 Å². The number of nitrogens with zero attached hydrogens (tertiary/aromatic N) is 2. The van der Waals surface area contributed by atoms with Crippen molar-refractivity contribution >= 4 is 21.9 Å². The van der Waals surface area contributed by atoms with Gasteiger partial charge in [-0.3, -0.25) is 4.98 Å². The van der Waals surface area contributed by atoms with Crippen LogP contribution in [0.2, 0.25) is 0 Å². The van der Waals surface area contributed by atoms with Gasteiger partial charge in [0, 0.05) is 17.6 Å². The van der Waals surface area contributed by atoms with E-state index in [-0.39, 0.29) is 10.8 Å². The molecule has 7 aromatic rings. The number of benzene rings is 4. The molecule has 1 spiro atoms. The van der Waals surface area contributed by atoms with Crippen LogP contribution in [0.5, 0.6) is 11.6 Å². The van der Waals surface area contributed by atoms with Gasteiger partial charge in [-0.05, 0) is 112 Å². The van der Waals surface area contributed by atoms with Crippen molar-refractivity contribution in [3.8, 4) is 34.1 Å². The first-order valence-electron chi connectivity index (χ1n) is 16.6. The minimum absolute atomic E-state index is 0.0400.